The number of nitrogens with one attached hydrogen (secondary N) is 2. The van der Waals surface area contributed by atoms with Crippen molar-refractivity contribution in [3.63, 3.8) is 0 Å². The maximum atomic E-state index is 5.89. The van der Waals surface area contributed by atoms with Gasteiger partial charge >= 0.3 is 0 Å². The highest BCUT2D eigenvalue weighted by atomic mass is 35.5. The number of benzene rings is 1. The molecular weight excluding hydrogens is 224 g/mol. The van der Waals surface area contributed by atoms with E-state index in [0.717, 1.165) is 23.1 Å². The highest BCUT2D eigenvalue weighted by molar-refractivity contribution is 5.85. The molecule has 0 amide bonds. The van der Waals surface area contributed by atoms with Crippen LogP contribution >= 0.6 is 12.4 Å². The fourth-order valence-corrected chi connectivity index (χ4v) is 1.38. The van der Waals surface area contributed by atoms with Crippen molar-refractivity contribution in [2.45, 2.75) is 19.4 Å². The molecule has 0 atom stereocenters. The Morgan fingerprint density at radius 3 is 2.88 bits per heavy atom. The number of hydrogen-bond acceptors (Lipinski definition) is 3. The molecule has 2 aromatic rings. The Balaban J connectivity index is 0.00000128. The van der Waals surface area contributed by atoms with Crippen LogP contribution in [0, 0.1) is 0 Å². The van der Waals surface area contributed by atoms with Crippen LogP contribution < -0.4 is 11.1 Å². The van der Waals surface area contributed by atoms with E-state index in [9.17, 15) is 0 Å². The predicted octanol–water partition coefficient (Wildman–Crippen LogP) is 2.13. The molecule has 0 saturated carbocycles. The molecule has 16 heavy (non-hydrogen) atoms. The molecule has 2 rings (SSSR count). The van der Waals surface area contributed by atoms with Gasteiger partial charge in [0.2, 0.25) is 0 Å². The fraction of sp³-hybridized carbons (Fsp3) is 0.364. The van der Waals surface area contributed by atoms with Crippen molar-refractivity contribution in [1.29, 1.82) is 0 Å². The Morgan fingerprint density at radius 2 is 2.19 bits per heavy atom. The molecule has 4 N–H and O–H groups in total. The van der Waals surface area contributed by atoms with E-state index < -0.39 is 0 Å². The van der Waals surface area contributed by atoms with Crippen LogP contribution in [0.4, 0.5) is 5.69 Å². The maximum Gasteiger partial charge on any atom is 0.0651 e. The number of aromatic nitrogens is 2. The highest BCUT2D eigenvalue weighted by Crippen LogP contribution is 2.16. The zero-order valence-corrected chi connectivity index (χ0v) is 10.3. The summed E-state index contributed by atoms with van der Waals surface area (Å²) in [5, 5.41) is 11.3. The van der Waals surface area contributed by atoms with Gasteiger partial charge in [-0.2, -0.15) is 5.10 Å². The Morgan fingerprint density at radius 1 is 1.44 bits per heavy atom. The van der Waals surface area contributed by atoms with Crippen LogP contribution in [0.25, 0.3) is 10.9 Å². The first kappa shape index (κ1) is 12.8. The van der Waals surface area contributed by atoms with Gasteiger partial charge in [-0.25, -0.2) is 0 Å². The standard InChI is InChI=1S/C11H16N4.ClH/c1-11(2,12)7-13-9-3-4-10-8(5-9)6-14-15-10;/h3-6,13H,7,12H2,1-2H3,(H,14,15);1H. The highest BCUT2D eigenvalue weighted by Gasteiger charge is 2.09. The molecule has 0 unspecified atom stereocenters. The van der Waals surface area contributed by atoms with Crippen molar-refractivity contribution in [2.24, 2.45) is 5.73 Å². The normalized spacial score (nSPS) is 11.2. The number of H-pyrrole nitrogens is 1. The number of aromatic amines is 1. The zero-order chi connectivity index (χ0) is 10.9. The van der Waals surface area contributed by atoms with E-state index in [1.54, 1.807) is 0 Å². The second-order valence-electron chi connectivity index (χ2n) is 4.51. The largest absolute Gasteiger partial charge is 0.383 e. The quantitative estimate of drug-likeness (QED) is 0.770. The van der Waals surface area contributed by atoms with Crippen LogP contribution in [0.1, 0.15) is 13.8 Å². The van der Waals surface area contributed by atoms with Gasteiger partial charge in [0.05, 0.1) is 11.7 Å². The van der Waals surface area contributed by atoms with E-state index in [0.29, 0.717) is 0 Å². The van der Waals surface area contributed by atoms with E-state index in [1.165, 1.54) is 0 Å². The van der Waals surface area contributed by atoms with E-state index >= 15 is 0 Å². The summed E-state index contributed by atoms with van der Waals surface area (Å²) < 4.78 is 0. The molecule has 5 heteroatoms. The molecule has 1 aromatic carbocycles. The fourth-order valence-electron chi connectivity index (χ4n) is 1.38. The smallest absolute Gasteiger partial charge is 0.0651 e. The molecule has 0 spiro atoms. The molecular formula is C11H17ClN4. The number of fused-ring (bicyclic) bond motifs is 1. The second-order valence-corrected chi connectivity index (χ2v) is 4.51. The molecule has 88 valence electrons. The third-order valence-electron chi connectivity index (χ3n) is 2.19. The SMILES string of the molecule is CC(C)(N)CNc1ccc2[nH]ncc2c1.Cl. The Kier molecular flexibility index (Phi) is 3.78. The Labute approximate surface area is 101 Å². The molecule has 0 aliphatic rings. The van der Waals surface area contributed by atoms with Crippen LogP contribution in [0.3, 0.4) is 0 Å². The molecule has 0 saturated heterocycles. The second kappa shape index (κ2) is 4.72. The molecule has 1 heterocycles. The van der Waals surface area contributed by atoms with E-state index in [2.05, 4.69) is 21.6 Å². The van der Waals surface area contributed by atoms with Crippen LogP contribution in [0.2, 0.25) is 0 Å². The zero-order valence-electron chi connectivity index (χ0n) is 9.45. The van der Waals surface area contributed by atoms with Gasteiger partial charge in [-0.3, -0.25) is 5.10 Å². The molecule has 0 fully saturated rings. The molecule has 0 radical (unpaired) electrons. The summed E-state index contributed by atoms with van der Waals surface area (Å²) in [5.41, 5.74) is 7.81. The number of rotatable bonds is 3. The number of halogens is 1. The minimum atomic E-state index is -0.203. The van der Waals surface area contributed by atoms with Gasteiger partial charge in [-0.05, 0) is 32.0 Å². The first-order valence-corrected chi connectivity index (χ1v) is 5.00. The summed E-state index contributed by atoms with van der Waals surface area (Å²) in [7, 11) is 0. The van der Waals surface area contributed by atoms with Crippen molar-refractivity contribution >= 4 is 29.0 Å². The van der Waals surface area contributed by atoms with E-state index in [1.807, 2.05) is 32.2 Å². The van der Waals surface area contributed by atoms with E-state index in [4.69, 9.17) is 5.73 Å². The van der Waals surface area contributed by atoms with Crippen LogP contribution in [-0.2, 0) is 0 Å². The third kappa shape index (κ3) is 3.12. The van der Waals surface area contributed by atoms with Gasteiger partial charge in [0, 0.05) is 23.2 Å². The summed E-state index contributed by atoms with van der Waals surface area (Å²) in [5.74, 6) is 0. The summed E-state index contributed by atoms with van der Waals surface area (Å²) >= 11 is 0. The van der Waals surface area contributed by atoms with Crippen molar-refractivity contribution in [1.82, 2.24) is 10.2 Å². The summed E-state index contributed by atoms with van der Waals surface area (Å²) in [4.78, 5) is 0. The van der Waals surface area contributed by atoms with Crippen LogP contribution in [0.15, 0.2) is 24.4 Å². The summed E-state index contributed by atoms with van der Waals surface area (Å²) in [6.45, 7) is 4.74. The first-order chi connectivity index (χ1) is 7.04. The Hall–Kier alpha value is -1.26. The lowest BCUT2D eigenvalue weighted by atomic mass is 10.1. The van der Waals surface area contributed by atoms with E-state index in [-0.39, 0.29) is 17.9 Å². The van der Waals surface area contributed by atoms with Crippen LogP contribution in [-0.4, -0.2) is 22.3 Å². The predicted molar refractivity (Wildman–Crippen MR) is 70.1 cm³/mol. The van der Waals surface area contributed by atoms with Gasteiger partial charge in [0.15, 0.2) is 0 Å². The van der Waals surface area contributed by atoms with Crippen molar-refractivity contribution in [3.8, 4) is 0 Å². The van der Waals surface area contributed by atoms with Gasteiger partial charge < -0.3 is 11.1 Å². The number of hydrogen-bond donors (Lipinski definition) is 3. The van der Waals surface area contributed by atoms with Crippen molar-refractivity contribution in [2.75, 3.05) is 11.9 Å². The molecule has 0 aliphatic heterocycles. The lowest BCUT2D eigenvalue weighted by Crippen LogP contribution is -2.39. The number of anilines is 1. The summed E-state index contributed by atoms with van der Waals surface area (Å²) in [6, 6.07) is 6.09. The first-order valence-electron chi connectivity index (χ1n) is 5.00. The van der Waals surface area contributed by atoms with Gasteiger partial charge in [0.25, 0.3) is 0 Å². The molecule has 0 aliphatic carbocycles. The van der Waals surface area contributed by atoms with Crippen molar-refractivity contribution < 1.29 is 0 Å². The van der Waals surface area contributed by atoms with Crippen molar-refractivity contribution in [3.05, 3.63) is 24.4 Å². The number of nitrogens with zero attached hydrogens (tertiary/aromatic N) is 1. The third-order valence-corrected chi connectivity index (χ3v) is 2.19. The lowest BCUT2D eigenvalue weighted by molar-refractivity contribution is 0.549. The monoisotopic (exact) mass is 240 g/mol. The average Bonchev–Trinajstić information content (AvgIpc) is 2.60. The topological polar surface area (TPSA) is 66.7 Å². The average molecular weight is 241 g/mol. The van der Waals surface area contributed by atoms with Crippen LogP contribution in [0.5, 0.6) is 0 Å². The molecule has 1 aromatic heterocycles. The molecule has 4 nitrogen and oxygen atoms in total. The minimum absolute atomic E-state index is 0. The van der Waals surface area contributed by atoms with Gasteiger partial charge in [-0.15, -0.1) is 12.4 Å². The lowest BCUT2D eigenvalue weighted by Gasteiger charge is -2.19. The summed E-state index contributed by atoms with van der Waals surface area (Å²) in [6.07, 6.45) is 1.81. The Bertz CT molecular complexity index is 458. The number of nitrogens with two attached hydrogens (primary N) is 1. The minimum Gasteiger partial charge on any atom is -0.383 e. The molecule has 0 bridgehead atoms. The van der Waals surface area contributed by atoms with Gasteiger partial charge in [-0.1, -0.05) is 0 Å². The van der Waals surface area contributed by atoms with Gasteiger partial charge in [0.1, 0.15) is 0 Å². The maximum absolute atomic E-state index is 5.89.